The number of aliphatic hydroxyl groups excluding tert-OH is 1. The van der Waals surface area contributed by atoms with Gasteiger partial charge < -0.3 is 14.7 Å². The number of hydrogen-bond donors (Lipinski definition) is 1. The van der Waals surface area contributed by atoms with Crippen molar-refractivity contribution in [1.29, 1.82) is 0 Å². The third-order valence-corrected chi connectivity index (χ3v) is 7.20. The van der Waals surface area contributed by atoms with Gasteiger partial charge in [0.15, 0.2) is 0 Å². The van der Waals surface area contributed by atoms with Gasteiger partial charge in [0.1, 0.15) is 18.0 Å². The number of likely N-dealkylation sites (tertiary alicyclic amines) is 1. The molecule has 3 aliphatic rings. The Morgan fingerprint density at radius 3 is 2.62 bits per heavy atom. The molecule has 24 heavy (non-hydrogen) atoms. The van der Waals surface area contributed by atoms with E-state index in [0.29, 0.717) is 18.7 Å². The van der Waals surface area contributed by atoms with E-state index < -0.39 is 27.6 Å². The predicted octanol–water partition coefficient (Wildman–Crippen LogP) is -0.327. The number of aliphatic hydroxyl groups is 1. The van der Waals surface area contributed by atoms with Crippen molar-refractivity contribution in [2.24, 2.45) is 5.41 Å². The smallest absolute Gasteiger partial charge is 0.231 e. The number of carbonyl (C=O) groups excluding carboxylic acids is 1. The Kier molecular flexibility index (Phi) is 3.59. The van der Waals surface area contributed by atoms with Crippen molar-refractivity contribution in [2.75, 3.05) is 31.9 Å². The minimum atomic E-state index is -3.30. The minimum absolute atomic E-state index is 0.115. The van der Waals surface area contributed by atoms with Crippen molar-refractivity contribution in [3.63, 3.8) is 0 Å². The topological polar surface area (TPSA) is 87.2 Å². The number of ether oxygens (including phenoxy) is 1. The van der Waals surface area contributed by atoms with E-state index in [9.17, 15) is 18.3 Å². The zero-order valence-corrected chi connectivity index (χ0v) is 14.0. The van der Waals surface area contributed by atoms with Gasteiger partial charge in [-0.2, -0.15) is 0 Å². The minimum Gasteiger partial charge on any atom is -0.486 e. The molecule has 130 valence electrons. The van der Waals surface area contributed by atoms with Crippen molar-refractivity contribution in [2.45, 2.75) is 18.6 Å². The number of carbonyl (C=O) groups is 1. The molecule has 0 aliphatic carbocycles. The highest BCUT2D eigenvalue weighted by atomic mass is 32.2. The summed E-state index contributed by atoms with van der Waals surface area (Å²) in [5.41, 5.74) is -0.847. The normalized spacial score (nSPS) is 36.9. The molecule has 0 aromatic heterocycles. The first kappa shape index (κ1) is 15.9. The summed E-state index contributed by atoms with van der Waals surface area (Å²) in [6.07, 6.45) is -0.716. The van der Waals surface area contributed by atoms with Gasteiger partial charge in [0.25, 0.3) is 0 Å². The Balaban J connectivity index is 1.47. The lowest BCUT2D eigenvalue weighted by molar-refractivity contribution is -0.139. The largest absolute Gasteiger partial charge is 0.486 e. The highest BCUT2D eigenvalue weighted by Gasteiger charge is 2.59. The van der Waals surface area contributed by atoms with E-state index in [1.54, 1.807) is 17.0 Å². The molecule has 7 nitrogen and oxygen atoms in total. The van der Waals surface area contributed by atoms with E-state index >= 15 is 0 Å². The van der Waals surface area contributed by atoms with E-state index in [-0.39, 0.29) is 31.3 Å². The molecule has 2 unspecified atom stereocenters. The Morgan fingerprint density at radius 2 is 2.00 bits per heavy atom. The maximum Gasteiger partial charge on any atom is 0.231 e. The SMILES string of the molecule is O=C(N1C[C@@H](O)[C@H](Oc2ccccc2)C1)C12CCN(C1)S(=O)(=O)C2. The molecule has 3 saturated heterocycles. The number of fused-ring (bicyclic) bond motifs is 2. The first-order chi connectivity index (χ1) is 11.4. The zero-order chi connectivity index (χ0) is 16.9. The molecule has 0 saturated carbocycles. The fourth-order valence-corrected chi connectivity index (χ4v) is 5.97. The fraction of sp³-hybridized carbons (Fsp3) is 0.562. The van der Waals surface area contributed by atoms with Crippen molar-refractivity contribution in [3.8, 4) is 5.75 Å². The molecule has 1 aromatic rings. The van der Waals surface area contributed by atoms with E-state index in [1.165, 1.54) is 4.31 Å². The van der Waals surface area contributed by atoms with Gasteiger partial charge in [-0.25, -0.2) is 12.7 Å². The van der Waals surface area contributed by atoms with Gasteiger partial charge in [-0.15, -0.1) is 0 Å². The summed E-state index contributed by atoms with van der Waals surface area (Å²) in [7, 11) is -3.30. The van der Waals surface area contributed by atoms with Crippen LogP contribution in [0.5, 0.6) is 5.75 Å². The van der Waals surface area contributed by atoms with Gasteiger partial charge >= 0.3 is 0 Å². The standard InChI is InChI=1S/C16H20N2O5S/c19-13-8-17(9-14(13)23-12-4-2-1-3-5-12)15(20)16-6-7-18(10-16)24(21,22)11-16/h1-5,13-14,19H,6-11H2/t13-,14-,16?/m1/s1. The van der Waals surface area contributed by atoms with E-state index in [2.05, 4.69) is 0 Å². The van der Waals surface area contributed by atoms with Crippen LogP contribution in [0.15, 0.2) is 30.3 Å². The average Bonchev–Trinajstić information content (AvgIpc) is 3.20. The van der Waals surface area contributed by atoms with Crippen molar-refractivity contribution in [1.82, 2.24) is 9.21 Å². The van der Waals surface area contributed by atoms with Crippen molar-refractivity contribution >= 4 is 15.9 Å². The van der Waals surface area contributed by atoms with Gasteiger partial charge in [-0.3, -0.25) is 4.79 Å². The molecule has 4 atom stereocenters. The van der Waals surface area contributed by atoms with Crippen LogP contribution in [-0.2, 0) is 14.8 Å². The van der Waals surface area contributed by atoms with Gasteiger partial charge in [0.2, 0.25) is 15.9 Å². The first-order valence-corrected chi connectivity index (χ1v) is 9.68. The summed E-state index contributed by atoms with van der Waals surface area (Å²) in [6.45, 7) is 1.13. The number of nitrogens with zero attached hydrogens (tertiary/aromatic N) is 2. The second kappa shape index (κ2) is 5.44. The molecule has 4 rings (SSSR count). The van der Waals surface area contributed by atoms with Crippen LogP contribution in [0.4, 0.5) is 0 Å². The van der Waals surface area contributed by atoms with Gasteiger partial charge in [0.05, 0.1) is 24.3 Å². The van der Waals surface area contributed by atoms with Crippen molar-refractivity contribution < 1.29 is 23.1 Å². The number of β-amino-alcohol motifs (C(OH)–C–C–N with tert-alkyl or cyclic N) is 1. The Morgan fingerprint density at radius 1 is 1.25 bits per heavy atom. The number of hydrogen-bond acceptors (Lipinski definition) is 5. The third kappa shape index (κ3) is 2.49. The molecule has 1 amide bonds. The molecule has 0 spiro atoms. The van der Waals surface area contributed by atoms with E-state index in [1.807, 2.05) is 18.2 Å². The monoisotopic (exact) mass is 352 g/mol. The fourth-order valence-electron chi connectivity index (χ4n) is 3.91. The highest BCUT2D eigenvalue weighted by molar-refractivity contribution is 7.89. The highest BCUT2D eigenvalue weighted by Crippen LogP contribution is 2.43. The predicted molar refractivity (Wildman–Crippen MR) is 85.9 cm³/mol. The number of rotatable bonds is 3. The van der Waals surface area contributed by atoms with Crippen LogP contribution < -0.4 is 4.74 Å². The van der Waals surface area contributed by atoms with Crippen LogP contribution >= 0.6 is 0 Å². The van der Waals surface area contributed by atoms with Crippen LogP contribution in [0.3, 0.4) is 0 Å². The quantitative estimate of drug-likeness (QED) is 0.805. The Hall–Kier alpha value is -1.64. The lowest BCUT2D eigenvalue weighted by atomic mass is 9.88. The number of benzene rings is 1. The van der Waals surface area contributed by atoms with Crippen LogP contribution in [0.1, 0.15) is 6.42 Å². The van der Waals surface area contributed by atoms with Gasteiger partial charge in [0, 0.05) is 13.1 Å². The second-order valence-electron chi connectivity index (χ2n) is 6.87. The van der Waals surface area contributed by atoms with Crippen LogP contribution in [0, 0.1) is 5.41 Å². The molecule has 1 N–H and O–H groups in total. The van der Waals surface area contributed by atoms with Crippen LogP contribution in [0.25, 0.3) is 0 Å². The maximum atomic E-state index is 12.9. The molecule has 2 bridgehead atoms. The molecular weight excluding hydrogens is 332 g/mol. The third-order valence-electron chi connectivity index (χ3n) is 5.18. The average molecular weight is 352 g/mol. The molecule has 1 aromatic carbocycles. The van der Waals surface area contributed by atoms with E-state index in [0.717, 1.165) is 0 Å². The zero-order valence-electron chi connectivity index (χ0n) is 13.2. The van der Waals surface area contributed by atoms with Gasteiger partial charge in [-0.1, -0.05) is 18.2 Å². The number of sulfonamides is 1. The first-order valence-electron chi connectivity index (χ1n) is 8.07. The Labute approximate surface area is 140 Å². The van der Waals surface area contributed by atoms with Crippen LogP contribution in [-0.4, -0.2) is 72.8 Å². The number of amides is 1. The van der Waals surface area contributed by atoms with Gasteiger partial charge in [-0.05, 0) is 18.6 Å². The second-order valence-corrected chi connectivity index (χ2v) is 8.84. The van der Waals surface area contributed by atoms with Crippen molar-refractivity contribution in [3.05, 3.63) is 30.3 Å². The summed E-state index contributed by atoms with van der Waals surface area (Å²) in [5, 5.41) is 10.2. The maximum absolute atomic E-state index is 12.9. The summed E-state index contributed by atoms with van der Waals surface area (Å²) in [4.78, 5) is 14.5. The summed E-state index contributed by atoms with van der Waals surface area (Å²) >= 11 is 0. The summed E-state index contributed by atoms with van der Waals surface area (Å²) < 4.78 is 31.2. The van der Waals surface area contributed by atoms with Crippen LogP contribution in [0.2, 0.25) is 0 Å². The lowest BCUT2D eigenvalue weighted by Crippen LogP contribution is -2.45. The molecular formula is C16H20N2O5S. The molecule has 3 fully saturated rings. The lowest BCUT2D eigenvalue weighted by Gasteiger charge is -2.28. The summed E-state index contributed by atoms with van der Waals surface area (Å²) in [5.74, 6) is 0.351. The molecule has 3 aliphatic heterocycles. The summed E-state index contributed by atoms with van der Waals surface area (Å²) in [6, 6.07) is 9.16. The Bertz CT molecular complexity index is 753. The molecule has 3 heterocycles. The molecule has 8 heteroatoms. The number of para-hydroxylation sites is 1. The van der Waals surface area contributed by atoms with E-state index in [4.69, 9.17) is 4.74 Å². The molecule has 0 radical (unpaired) electrons.